The van der Waals surface area contributed by atoms with Gasteiger partial charge in [0.05, 0.1) is 0 Å². The number of hydrogen-bond donors (Lipinski definition) is 1. The fourth-order valence-electron chi connectivity index (χ4n) is 1.70. The Labute approximate surface area is 106 Å². The Morgan fingerprint density at radius 1 is 1.39 bits per heavy atom. The number of rotatable bonds is 4. The van der Waals surface area contributed by atoms with Gasteiger partial charge in [-0.1, -0.05) is 48.6 Å². The van der Waals surface area contributed by atoms with Gasteiger partial charge in [-0.15, -0.1) is 6.58 Å². The molecule has 18 heavy (non-hydrogen) atoms. The number of nitrogens with one attached hydrogen (secondary N) is 1. The van der Waals surface area contributed by atoms with E-state index >= 15 is 0 Å². The maximum Gasteiger partial charge on any atom is 0.411 e. The Bertz CT molecular complexity index is 488. The van der Waals surface area contributed by atoms with Gasteiger partial charge in [0.1, 0.15) is 6.61 Å². The van der Waals surface area contributed by atoms with Crippen LogP contribution in [0.3, 0.4) is 0 Å². The van der Waals surface area contributed by atoms with Gasteiger partial charge in [0.15, 0.2) is 0 Å². The zero-order chi connectivity index (χ0) is 12.8. The number of ether oxygens (including phenoxy) is 1. The van der Waals surface area contributed by atoms with Crippen molar-refractivity contribution in [3.8, 4) is 0 Å². The molecular weight excluding hydrogens is 226 g/mol. The van der Waals surface area contributed by atoms with Gasteiger partial charge in [-0.2, -0.15) is 0 Å². The summed E-state index contributed by atoms with van der Waals surface area (Å²) in [5.41, 5.74) is 1.76. The van der Waals surface area contributed by atoms with E-state index < -0.39 is 6.09 Å². The Morgan fingerprint density at radius 2 is 2.17 bits per heavy atom. The van der Waals surface area contributed by atoms with Crippen LogP contribution in [0.5, 0.6) is 0 Å². The summed E-state index contributed by atoms with van der Waals surface area (Å²) in [5, 5.41) is 2.72. The van der Waals surface area contributed by atoms with Crippen molar-refractivity contribution in [2.45, 2.75) is 6.61 Å². The highest BCUT2D eigenvalue weighted by Crippen LogP contribution is 2.17. The molecule has 0 spiro atoms. The van der Waals surface area contributed by atoms with Crippen LogP contribution in [0.1, 0.15) is 5.56 Å². The minimum atomic E-state index is -0.444. The first kappa shape index (κ1) is 12.2. The van der Waals surface area contributed by atoms with Crippen molar-refractivity contribution in [2.24, 2.45) is 5.92 Å². The first-order chi connectivity index (χ1) is 8.79. The standard InChI is InChI=1S/C15H15NO2/c1-2-13-9-6-10-14(13)16-15(17)18-11-12-7-4-3-5-8-12/h2-10,13H,1,11H2,(H,16,17). The second kappa shape index (κ2) is 5.87. The van der Waals surface area contributed by atoms with Crippen molar-refractivity contribution >= 4 is 6.09 Å². The highest BCUT2D eigenvalue weighted by Gasteiger charge is 2.14. The van der Waals surface area contributed by atoms with Gasteiger partial charge in [0, 0.05) is 11.6 Å². The number of allylic oxidation sites excluding steroid dienone is 3. The van der Waals surface area contributed by atoms with Crippen LogP contribution in [0.2, 0.25) is 0 Å². The highest BCUT2D eigenvalue weighted by atomic mass is 16.5. The second-order valence-corrected chi connectivity index (χ2v) is 3.96. The van der Waals surface area contributed by atoms with E-state index in [1.807, 2.05) is 48.6 Å². The van der Waals surface area contributed by atoms with Gasteiger partial charge in [0.25, 0.3) is 0 Å². The third kappa shape index (κ3) is 3.10. The molecule has 1 aromatic rings. The first-order valence-electron chi connectivity index (χ1n) is 5.78. The summed E-state index contributed by atoms with van der Waals surface area (Å²) in [6.45, 7) is 3.98. The van der Waals surface area contributed by atoms with Crippen molar-refractivity contribution in [3.05, 3.63) is 72.5 Å². The van der Waals surface area contributed by atoms with Crippen molar-refractivity contribution in [3.63, 3.8) is 0 Å². The number of hydrogen-bond acceptors (Lipinski definition) is 2. The molecule has 0 saturated carbocycles. The van der Waals surface area contributed by atoms with Gasteiger partial charge in [-0.05, 0) is 11.6 Å². The molecule has 1 unspecified atom stereocenters. The fraction of sp³-hybridized carbons (Fsp3) is 0.133. The summed E-state index contributed by atoms with van der Waals surface area (Å²) in [5.74, 6) is 0.0641. The van der Waals surface area contributed by atoms with E-state index in [1.165, 1.54) is 0 Å². The largest absolute Gasteiger partial charge is 0.444 e. The van der Waals surface area contributed by atoms with Crippen LogP contribution in [0.25, 0.3) is 0 Å². The maximum absolute atomic E-state index is 11.6. The van der Waals surface area contributed by atoms with Crippen LogP contribution in [0.4, 0.5) is 4.79 Å². The molecule has 1 atom stereocenters. The van der Waals surface area contributed by atoms with Crippen molar-refractivity contribution in [1.29, 1.82) is 0 Å². The van der Waals surface area contributed by atoms with Gasteiger partial charge >= 0.3 is 6.09 Å². The lowest BCUT2D eigenvalue weighted by Gasteiger charge is -2.11. The molecule has 0 aliphatic heterocycles. The van der Waals surface area contributed by atoms with Crippen molar-refractivity contribution in [2.75, 3.05) is 0 Å². The molecule has 0 fully saturated rings. The first-order valence-corrected chi connectivity index (χ1v) is 5.78. The van der Waals surface area contributed by atoms with Gasteiger partial charge in [0.2, 0.25) is 0 Å². The fourth-order valence-corrected chi connectivity index (χ4v) is 1.70. The van der Waals surface area contributed by atoms with E-state index in [2.05, 4.69) is 11.9 Å². The molecule has 0 saturated heterocycles. The zero-order valence-electron chi connectivity index (χ0n) is 10.0. The highest BCUT2D eigenvalue weighted by molar-refractivity contribution is 5.70. The van der Waals surface area contributed by atoms with Gasteiger partial charge in [-0.3, -0.25) is 5.32 Å². The average Bonchev–Trinajstić information content (AvgIpc) is 2.85. The monoisotopic (exact) mass is 241 g/mol. The third-order valence-corrected chi connectivity index (χ3v) is 2.67. The van der Waals surface area contributed by atoms with Crippen LogP contribution in [0.15, 0.2) is 66.9 Å². The van der Waals surface area contributed by atoms with E-state index in [4.69, 9.17) is 4.74 Å². The average molecular weight is 241 g/mol. The SMILES string of the molecule is C=CC1C=CC=C1NC(=O)OCc1ccccc1. The summed E-state index contributed by atoms with van der Waals surface area (Å²) < 4.78 is 5.13. The summed E-state index contributed by atoms with van der Waals surface area (Å²) in [6.07, 6.45) is 7.02. The molecule has 1 aliphatic rings. The molecular formula is C15H15NO2. The molecule has 1 aliphatic carbocycles. The topological polar surface area (TPSA) is 38.3 Å². The predicted molar refractivity (Wildman–Crippen MR) is 70.7 cm³/mol. The Kier molecular flexibility index (Phi) is 3.97. The normalized spacial score (nSPS) is 17.1. The van der Waals surface area contributed by atoms with Gasteiger partial charge in [-0.25, -0.2) is 4.79 Å². The molecule has 0 radical (unpaired) electrons. The van der Waals surface area contributed by atoms with Crippen LogP contribution in [-0.4, -0.2) is 6.09 Å². The molecule has 2 rings (SSSR count). The molecule has 0 bridgehead atoms. The second-order valence-electron chi connectivity index (χ2n) is 3.96. The Morgan fingerprint density at radius 3 is 2.89 bits per heavy atom. The smallest absolute Gasteiger partial charge is 0.411 e. The molecule has 92 valence electrons. The molecule has 3 heteroatoms. The van der Waals surface area contributed by atoms with Crippen molar-refractivity contribution in [1.82, 2.24) is 5.32 Å². The van der Waals surface area contributed by atoms with Gasteiger partial charge < -0.3 is 4.74 Å². The minimum absolute atomic E-state index is 0.0641. The third-order valence-electron chi connectivity index (χ3n) is 2.67. The van der Waals surface area contributed by atoms with E-state index in [1.54, 1.807) is 6.08 Å². The van der Waals surface area contributed by atoms with Crippen LogP contribution >= 0.6 is 0 Å². The summed E-state index contributed by atoms with van der Waals surface area (Å²) in [4.78, 5) is 11.6. The number of carbonyl (C=O) groups excluding carboxylic acids is 1. The lowest BCUT2D eigenvalue weighted by molar-refractivity contribution is 0.142. The van der Waals surface area contributed by atoms with Crippen LogP contribution < -0.4 is 5.32 Å². The summed E-state index contributed by atoms with van der Waals surface area (Å²) in [7, 11) is 0. The molecule has 0 aromatic heterocycles. The Balaban J connectivity index is 1.81. The minimum Gasteiger partial charge on any atom is -0.444 e. The predicted octanol–water partition coefficient (Wildman–Crippen LogP) is 3.17. The molecule has 3 nitrogen and oxygen atoms in total. The molecule has 1 amide bonds. The van der Waals surface area contributed by atoms with Crippen molar-refractivity contribution < 1.29 is 9.53 Å². The number of benzene rings is 1. The molecule has 1 N–H and O–H groups in total. The van der Waals surface area contributed by atoms with E-state index in [9.17, 15) is 4.79 Å². The summed E-state index contributed by atoms with van der Waals surface area (Å²) in [6, 6.07) is 9.57. The maximum atomic E-state index is 11.6. The number of amides is 1. The Hall–Kier alpha value is -2.29. The molecule has 0 heterocycles. The zero-order valence-corrected chi connectivity index (χ0v) is 10.0. The van der Waals surface area contributed by atoms with E-state index in [0.717, 1.165) is 11.3 Å². The van der Waals surface area contributed by atoms with E-state index in [-0.39, 0.29) is 12.5 Å². The molecule has 1 aromatic carbocycles. The number of alkyl carbamates (subject to hydrolysis) is 1. The van der Waals surface area contributed by atoms with Crippen LogP contribution in [0, 0.1) is 5.92 Å². The summed E-state index contributed by atoms with van der Waals surface area (Å²) >= 11 is 0. The van der Waals surface area contributed by atoms with E-state index in [0.29, 0.717) is 0 Å². The lowest BCUT2D eigenvalue weighted by Crippen LogP contribution is -2.25. The van der Waals surface area contributed by atoms with Crippen LogP contribution in [-0.2, 0) is 11.3 Å². The number of carbonyl (C=O) groups is 1. The quantitative estimate of drug-likeness (QED) is 0.822. The lowest BCUT2D eigenvalue weighted by atomic mass is 10.1.